The van der Waals surface area contributed by atoms with Crippen LogP contribution in [-0.2, 0) is 13.5 Å². The Hall–Kier alpha value is -1.81. The van der Waals surface area contributed by atoms with Gasteiger partial charge in [0, 0.05) is 7.05 Å². The minimum absolute atomic E-state index is 0.0497. The first-order valence-corrected chi connectivity index (χ1v) is 7.53. The molecule has 0 spiro atoms. The van der Waals surface area contributed by atoms with Gasteiger partial charge in [0.2, 0.25) is 0 Å². The average molecular weight is 304 g/mol. The van der Waals surface area contributed by atoms with Crippen LogP contribution in [0.15, 0.2) is 24.3 Å². The molecular weight excluding hydrogens is 286 g/mol. The number of aromatic nitrogens is 2. The molecule has 0 unspecified atom stereocenters. The molecule has 3 rings (SSSR count). The Morgan fingerprint density at radius 2 is 2.19 bits per heavy atom. The molecule has 0 bridgehead atoms. The Morgan fingerprint density at radius 3 is 2.90 bits per heavy atom. The Kier molecular flexibility index (Phi) is 3.72. The minimum Gasteiger partial charge on any atom is -0.344 e. The Labute approximate surface area is 129 Å². The highest BCUT2D eigenvalue weighted by Crippen LogP contribution is 2.30. The second-order valence-corrected chi connectivity index (χ2v) is 5.87. The fourth-order valence-electron chi connectivity index (χ4n) is 3.01. The fourth-order valence-corrected chi connectivity index (χ4v) is 3.26. The number of halogens is 1. The SMILES string of the molecule is Cc1nn(C)c(C(=O)N[C@H]2CCCc3ccccc32)c1Cl. The zero-order valence-electron chi connectivity index (χ0n) is 12.2. The lowest BCUT2D eigenvalue weighted by molar-refractivity contribution is 0.0923. The third-order valence-electron chi connectivity index (χ3n) is 4.04. The van der Waals surface area contributed by atoms with Crippen LogP contribution in [0.5, 0.6) is 0 Å². The van der Waals surface area contributed by atoms with Crippen molar-refractivity contribution in [1.82, 2.24) is 15.1 Å². The average Bonchev–Trinajstić information content (AvgIpc) is 2.72. The molecule has 0 saturated carbocycles. The number of nitrogens with zero attached hydrogens (tertiary/aromatic N) is 2. The van der Waals surface area contributed by atoms with Gasteiger partial charge in [-0.15, -0.1) is 0 Å². The molecular formula is C16H18ClN3O. The van der Waals surface area contributed by atoms with Gasteiger partial charge in [0.15, 0.2) is 0 Å². The number of carbonyl (C=O) groups is 1. The van der Waals surface area contributed by atoms with Crippen LogP contribution >= 0.6 is 11.6 Å². The van der Waals surface area contributed by atoms with Gasteiger partial charge in [-0.3, -0.25) is 9.48 Å². The largest absolute Gasteiger partial charge is 0.344 e. The molecule has 1 N–H and O–H groups in total. The summed E-state index contributed by atoms with van der Waals surface area (Å²) in [5, 5.41) is 7.72. The second-order valence-electron chi connectivity index (χ2n) is 5.49. The molecule has 1 aliphatic rings. The first-order chi connectivity index (χ1) is 10.1. The van der Waals surface area contributed by atoms with Gasteiger partial charge < -0.3 is 5.32 Å². The van der Waals surface area contributed by atoms with Crippen LogP contribution in [0, 0.1) is 6.92 Å². The maximum Gasteiger partial charge on any atom is 0.271 e. The van der Waals surface area contributed by atoms with Crippen LogP contribution in [0.1, 0.15) is 46.2 Å². The van der Waals surface area contributed by atoms with Crippen molar-refractivity contribution in [2.24, 2.45) is 7.05 Å². The Bertz CT molecular complexity index is 693. The summed E-state index contributed by atoms with van der Waals surface area (Å²) in [4.78, 5) is 12.5. The third-order valence-corrected chi connectivity index (χ3v) is 4.49. The molecule has 1 heterocycles. The first-order valence-electron chi connectivity index (χ1n) is 7.15. The third kappa shape index (κ3) is 2.56. The monoisotopic (exact) mass is 303 g/mol. The molecule has 4 nitrogen and oxygen atoms in total. The number of fused-ring (bicyclic) bond motifs is 1. The number of hydrogen-bond acceptors (Lipinski definition) is 2. The van der Waals surface area contributed by atoms with Crippen LogP contribution < -0.4 is 5.32 Å². The quantitative estimate of drug-likeness (QED) is 0.926. The van der Waals surface area contributed by atoms with Crippen molar-refractivity contribution in [2.75, 3.05) is 0 Å². The van der Waals surface area contributed by atoms with E-state index in [2.05, 4.69) is 22.5 Å². The molecule has 1 aromatic carbocycles. The summed E-state index contributed by atoms with van der Waals surface area (Å²) >= 11 is 6.18. The van der Waals surface area contributed by atoms with Gasteiger partial charge in [0.25, 0.3) is 5.91 Å². The molecule has 0 radical (unpaired) electrons. The lowest BCUT2D eigenvalue weighted by Crippen LogP contribution is -2.32. The number of hydrogen-bond donors (Lipinski definition) is 1. The predicted octanol–water partition coefficient (Wildman–Crippen LogP) is 3.19. The summed E-state index contributed by atoms with van der Waals surface area (Å²) in [7, 11) is 1.74. The van der Waals surface area contributed by atoms with Crippen LogP contribution in [0.3, 0.4) is 0 Å². The number of carbonyl (C=O) groups excluding carboxylic acids is 1. The molecule has 0 saturated heterocycles. The smallest absolute Gasteiger partial charge is 0.271 e. The van der Waals surface area contributed by atoms with Crippen molar-refractivity contribution < 1.29 is 4.79 Å². The fraction of sp³-hybridized carbons (Fsp3) is 0.375. The zero-order chi connectivity index (χ0) is 15.0. The summed E-state index contributed by atoms with van der Waals surface area (Å²) in [5.41, 5.74) is 3.64. The van der Waals surface area contributed by atoms with Gasteiger partial charge in [0.05, 0.1) is 16.8 Å². The molecule has 5 heteroatoms. The van der Waals surface area contributed by atoms with Crippen molar-refractivity contribution in [1.29, 1.82) is 0 Å². The normalized spacial score (nSPS) is 17.4. The van der Waals surface area contributed by atoms with Gasteiger partial charge in [-0.25, -0.2) is 0 Å². The van der Waals surface area contributed by atoms with E-state index in [0.29, 0.717) is 16.4 Å². The van der Waals surface area contributed by atoms with Gasteiger partial charge in [-0.05, 0) is 37.3 Å². The topological polar surface area (TPSA) is 46.9 Å². The van der Waals surface area contributed by atoms with Gasteiger partial charge >= 0.3 is 0 Å². The van der Waals surface area contributed by atoms with E-state index in [1.165, 1.54) is 11.1 Å². The molecule has 21 heavy (non-hydrogen) atoms. The number of aryl methyl sites for hydroxylation is 3. The van der Waals surface area contributed by atoms with Crippen LogP contribution in [-0.4, -0.2) is 15.7 Å². The molecule has 1 aliphatic carbocycles. The van der Waals surface area contributed by atoms with Crippen molar-refractivity contribution >= 4 is 17.5 Å². The molecule has 0 fully saturated rings. The number of benzene rings is 1. The zero-order valence-corrected chi connectivity index (χ0v) is 12.9. The van der Waals surface area contributed by atoms with Gasteiger partial charge in [0.1, 0.15) is 5.69 Å². The van der Waals surface area contributed by atoms with E-state index in [0.717, 1.165) is 19.3 Å². The van der Waals surface area contributed by atoms with Gasteiger partial charge in [-0.1, -0.05) is 35.9 Å². The second kappa shape index (κ2) is 5.53. The maximum absolute atomic E-state index is 12.5. The highest BCUT2D eigenvalue weighted by Gasteiger charge is 2.25. The summed E-state index contributed by atoms with van der Waals surface area (Å²) in [5.74, 6) is -0.162. The highest BCUT2D eigenvalue weighted by molar-refractivity contribution is 6.34. The first kappa shape index (κ1) is 14.1. The maximum atomic E-state index is 12.5. The number of amides is 1. The van der Waals surface area contributed by atoms with E-state index in [1.54, 1.807) is 18.7 Å². The van der Waals surface area contributed by atoms with E-state index in [9.17, 15) is 4.79 Å². The lowest BCUT2D eigenvalue weighted by atomic mass is 9.87. The summed E-state index contributed by atoms with van der Waals surface area (Å²) < 4.78 is 1.54. The molecule has 0 aliphatic heterocycles. The van der Waals surface area contributed by atoms with Crippen molar-refractivity contribution in [3.8, 4) is 0 Å². The van der Waals surface area contributed by atoms with E-state index in [-0.39, 0.29) is 11.9 Å². The van der Waals surface area contributed by atoms with Crippen LogP contribution in [0.25, 0.3) is 0 Å². The Balaban J connectivity index is 1.86. The Morgan fingerprint density at radius 1 is 1.43 bits per heavy atom. The molecule has 1 atom stereocenters. The number of rotatable bonds is 2. The van der Waals surface area contributed by atoms with E-state index < -0.39 is 0 Å². The van der Waals surface area contributed by atoms with E-state index >= 15 is 0 Å². The molecule has 2 aromatic rings. The minimum atomic E-state index is -0.162. The number of nitrogens with one attached hydrogen (secondary N) is 1. The van der Waals surface area contributed by atoms with Crippen molar-refractivity contribution in [3.05, 3.63) is 51.8 Å². The van der Waals surface area contributed by atoms with Crippen LogP contribution in [0.4, 0.5) is 0 Å². The standard InChI is InChI=1S/C16H18ClN3O/c1-10-14(17)15(20(2)19-10)16(21)18-13-9-5-7-11-6-3-4-8-12(11)13/h3-4,6,8,13H,5,7,9H2,1-2H3,(H,18,21)/t13-/m0/s1. The molecule has 1 amide bonds. The highest BCUT2D eigenvalue weighted by atomic mass is 35.5. The van der Waals surface area contributed by atoms with E-state index in [4.69, 9.17) is 11.6 Å². The van der Waals surface area contributed by atoms with Crippen LogP contribution in [0.2, 0.25) is 5.02 Å². The van der Waals surface area contributed by atoms with Crippen molar-refractivity contribution in [2.45, 2.75) is 32.2 Å². The summed E-state index contributed by atoms with van der Waals surface area (Å²) in [6.45, 7) is 1.80. The van der Waals surface area contributed by atoms with Crippen molar-refractivity contribution in [3.63, 3.8) is 0 Å². The molecule has 110 valence electrons. The predicted molar refractivity (Wildman–Crippen MR) is 82.5 cm³/mol. The lowest BCUT2D eigenvalue weighted by Gasteiger charge is -2.26. The summed E-state index contributed by atoms with van der Waals surface area (Å²) in [6, 6.07) is 8.34. The summed E-state index contributed by atoms with van der Waals surface area (Å²) in [6.07, 6.45) is 3.12. The molecule has 1 aromatic heterocycles. The van der Waals surface area contributed by atoms with E-state index in [1.807, 2.05) is 12.1 Å². The van der Waals surface area contributed by atoms with Gasteiger partial charge in [-0.2, -0.15) is 5.10 Å².